The largest absolute Gasteiger partial charge is 0.508 e. The number of nitrogens with zero attached hydrogens (tertiary/aromatic N) is 2. The van der Waals surface area contributed by atoms with E-state index in [1.165, 1.54) is 11.8 Å². The van der Waals surface area contributed by atoms with Gasteiger partial charge in [-0.05, 0) is 50.1 Å². The molecule has 5 nitrogen and oxygen atoms in total. The van der Waals surface area contributed by atoms with Crippen LogP contribution in [0.5, 0.6) is 5.75 Å². The Bertz CT molecular complexity index is 669. The minimum Gasteiger partial charge on any atom is -0.508 e. The van der Waals surface area contributed by atoms with E-state index >= 15 is 0 Å². The van der Waals surface area contributed by atoms with Crippen molar-refractivity contribution in [2.45, 2.75) is 30.6 Å². The van der Waals surface area contributed by atoms with E-state index in [1.54, 1.807) is 12.1 Å². The number of aromatic amines is 1. The van der Waals surface area contributed by atoms with Crippen LogP contribution < -0.4 is 0 Å². The summed E-state index contributed by atoms with van der Waals surface area (Å²) in [5.74, 6) is 1.17. The van der Waals surface area contributed by atoms with Crippen LogP contribution in [0.2, 0.25) is 0 Å². The van der Waals surface area contributed by atoms with Crippen molar-refractivity contribution in [2.75, 3.05) is 18.8 Å². The number of amides is 1. The molecule has 1 aromatic carbocycles. The van der Waals surface area contributed by atoms with Crippen LogP contribution in [-0.4, -0.2) is 45.0 Å². The van der Waals surface area contributed by atoms with E-state index in [0.29, 0.717) is 11.7 Å². The zero-order valence-corrected chi connectivity index (χ0v) is 14.0. The molecule has 0 aliphatic carbocycles. The highest BCUT2D eigenvalue weighted by atomic mass is 32.2. The SMILES string of the molecule is Cc1cc(C2CCCN(C(=O)CSc3ccc(O)cc3)C2)n[nH]1. The number of nitrogens with one attached hydrogen (secondary N) is 1. The number of hydrogen-bond donors (Lipinski definition) is 2. The maximum atomic E-state index is 12.4. The number of H-pyrrole nitrogens is 1. The maximum absolute atomic E-state index is 12.4. The van der Waals surface area contributed by atoms with E-state index in [0.717, 1.165) is 42.2 Å². The van der Waals surface area contributed by atoms with Crippen molar-refractivity contribution in [2.24, 2.45) is 0 Å². The molecule has 23 heavy (non-hydrogen) atoms. The Balaban J connectivity index is 1.55. The summed E-state index contributed by atoms with van der Waals surface area (Å²) in [7, 11) is 0. The Labute approximate surface area is 140 Å². The highest BCUT2D eigenvalue weighted by molar-refractivity contribution is 8.00. The van der Waals surface area contributed by atoms with Crippen LogP contribution in [0.25, 0.3) is 0 Å². The van der Waals surface area contributed by atoms with E-state index in [4.69, 9.17) is 0 Å². The first kappa shape index (κ1) is 15.9. The summed E-state index contributed by atoms with van der Waals surface area (Å²) in [6.45, 7) is 3.57. The fourth-order valence-corrected chi connectivity index (χ4v) is 3.67. The van der Waals surface area contributed by atoms with Gasteiger partial charge in [0.15, 0.2) is 0 Å². The van der Waals surface area contributed by atoms with E-state index in [-0.39, 0.29) is 11.7 Å². The molecule has 0 bridgehead atoms. The number of carbonyl (C=O) groups is 1. The number of hydrogen-bond acceptors (Lipinski definition) is 4. The van der Waals surface area contributed by atoms with Crippen LogP contribution in [0.4, 0.5) is 0 Å². The van der Waals surface area contributed by atoms with Crippen molar-refractivity contribution in [3.8, 4) is 5.75 Å². The Morgan fingerprint density at radius 3 is 2.91 bits per heavy atom. The number of benzene rings is 1. The third-order valence-corrected chi connectivity index (χ3v) is 5.11. The predicted octanol–water partition coefficient (Wildman–Crippen LogP) is 2.92. The summed E-state index contributed by atoms with van der Waals surface area (Å²) >= 11 is 1.51. The van der Waals surface area contributed by atoms with E-state index in [1.807, 2.05) is 24.0 Å². The molecule has 0 radical (unpaired) electrons. The van der Waals surface area contributed by atoms with Gasteiger partial charge in [0.2, 0.25) is 5.91 Å². The lowest BCUT2D eigenvalue weighted by Gasteiger charge is -2.32. The molecule has 2 aromatic rings. The molecule has 3 rings (SSSR count). The van der Waals surface area contributed by atoms with Crippen molar-refractivity contribution in [3.05, 3.63) is 41.7 Å². The first-order valence-electron chi connectivity index (χ1n) is 7.83. The zero-order valence-electron chi connectivity index (χ0n) is 13.2. The summed E-state index contributed by atoms with van der Waals surface area (Å²) in [4.78, 5) is 15.4. The van der Waals surface area contributed by atoms with Crippen molar-refractivity contribution in [3.63, 3.8) is 0 Å². The van der Waals surface area contributed by atoms with Crippen LogP contribution in [0.3, 0.4) is 0 Å². The Kier molecular flexibility index (Phi) is 4.91. The van der Waals surface area contributed by atoms with Gasteiger partial charge in [-0.15, -0.1) is 11.8 Å². The molecule has 2 heterocycles. The second-order valence-corrected chi connectivity index (χ2v) is 6.99. The summed E-state index contributed by atoms with van der Waals surface area (Å²) in [6.07, 6.45) is 2.10. The van der Waals surface area contributed by atoms with Gasteiger partial charge in [0.05, 0.1) is 11.4 Å². The second-order valence-electron chi connectivity index (χ2n) is 5.94. The third kappa shape index (κ3) is 4.07. The van der Waals surface area contributed by atoms with Crippen molar-refractivity contribution >= 4 is 17.7 Å². The normalized spacial score (nSPS) is 18.1. The van der Waals surface area contributed by atoms with Crippen molar-refractivity contribution < 1.29 is 9.90 Å². The zero-order chi connectivity index (χ0) is 16.2. The minimum atomic E-state index is 0.167. The molecule has 1 aromatic heterocycles. The molecule has 1 aliphatic rings. The Morgan fingerprint density at radius 1 is 1.43 bits per heavy atom. The van der Waals surface area contributed by atoms with Gasteiger partial charge in [-0.3, -0.25) is 9.89 Å². The summed E-state index contributed by atoms with van der Waals surface area (Å²) < 4.78 is 0. The second kappa shape index (κ2) is 7.08. The molecule has 0 spiro atoms. The first-order chi connectivity index (χ1) is 11.1. The van der Waals surface area contributed by atoms with Crippen LogP contribution in [0.1, 0.15) is 30.1 Å². The summed E-state index contributed by atoms with van der Waals surface area (Å²) in [5.41, 5.74) is 2.12. The Morgan fingerprint density at radius 2 is 2.22 bits per heavy atom. The number of aryl methyl sites for hydroxylation is 1. The molecule has 1 saturated heterocycles. The molecule has 6 heteroatoms. The molecule has 2 N–H and O–H groups in total. The lowest BCUT2D eigenvalue weighted by molar-refractivity contribution is -0.129. The average molecular weight is 331 g/mol. The molecule has 1 aliphatic heterocycles. The highest BCUT2D eigenvalue weighted by Gasteiger charge is 2.26. The monoisotopic (exact) mass is 331 g/mol. The number of aromatic nitrogens is 2. The van der Waals surface area contributed by atoms with E-state index < -0.39 is 0 Å². The highest BCUT2D eigenvalue weighted by Crippen LogP contribution is 2.27. The fourth-order valence-electron chi connectivity index (χ4n) is 2.87. The van der Waals surface area contributed by atoms with Gasteiger partial charge >= 0.3 is 0 Å². The average Bonchev–Trinajstić information content (AvgIpc) is 3.01. The number of aromatic hydroxyl groups is 1. The molecule has 1 amide bonds. The maximum Gasteiger partial charge on any atom is 0.232 e. The molecule has 1 fully saturated rings. The van der Waals surface area contributed by atoms with Crippen LogP contribution >= 0.6 is 11.8 Å². The number of thioether (sulfide) groups is 1. The molecule has 1 atom stereocenters. The van der Waals surface area contributed by atoms with Gasteiger partial charge in [-0.2, -0.15) is 5.10 Å². The van der Waals surface area contributed by atoms with E-state index in [9.17, 15) is 9.90 Å². The van der Waals surface area contributed by atoms with Crippen LogP contribution in [0.15, 0.2) is 35.2 Å². The van der Waals surface area contributed by atoms with E-state index in [2.05, 4.69) is 16.3 Å². The van der Waals surface area contributed by atoms with Gasteiger partial charge in [0, 0.05) is 29.6 Å². The summed E-state index contributed by atoms with van der Waals surface area (Å²) in [6, 6.07) is 9.02. The molecule has 122 valence electrons. The number of rotatable bonds is 4. The topological polar surface area (TPSA) is 69.2 Å². The molecule has 0 saturated carbocycles. The van der Waals surface area contributed by atoms with Crippen molar-refractivity contribution in [1.29, 1.82) is 0 Å². The predicted molar refractivity (Wildman–Crippen MR) is 90.7 cm³/mol. The van der Waals surface area contributed by atoms with Gasteiger partial charge in [-0.1, -0.05) is 0 Å². The van der Waals surface area contributed by atoms with Gasteiger partial charge in [0.25, 0.3) is 0 Å². The fraction of sp³-hybridized carbons (Fsp3) is 0.412. The minimum absolute atomic E-state index is 0.167. The molecular formula is C17H21N3O2S. The van der Waals surface area contributed by atoms with Gasteiger partial charge < -0.3 is 10.0 Å². The lowest BCUT2D eigenvalue weighted by Crippen LogP contribution is -2.40. The molecular weight excluding hydrogens is 310 g/mol. The number of carbonyl (C=O) groups excluding carboxylic acids is 1. The molecule has 1 unspecified atom stereocenters. The van der Waals surface area contributed by atoms with Gasteiger partial charge in [0.1, 0.15) is 5.75 Å². The summed E-state index contributed by atoms with van der Waals surface area (Å²) in [5, 5.41) is 16.6. The first-order valence-corrected chi connectivity index (χ1v) is 8.82. The third-order valence-electron chi connectivity index (χ3n) is 4.12. The number of phenols is 1. The smallest absolute Gasteiger partial charge is 0.232 e. The number of piperidine rings is 1. The van der Waals surface area contributed by atoms with Crippen LogP contribution in [-0.2, 0) is 4.79 Å². The van der Waals surface area contributed by atoms with Crippen molar-refractivity contribution in [1.82, 2.24) is 15.1 Å². The Hall–Kier alpha value is -1.95. The van der Waals surface area contributed by atoms with Gasteiger partial charge in [-0.25, -0.2) is 0 Å². The quantitative estimate of drug-likeness (QED) is 0.845. The standard InChI is InChI=1S/C17H21N3O2S/c1-12-9-16(19-18-12)13-3-2-8-20(10-13)17(22)11-23-15-6-4-14(21)5-7-15/h4-7,9,13,21H,2-3,8,10-11H2,1H3,(H,18,19). The number of likely N-dealkylation sites (tertiary alicyclic amines) is 1. The lowest BCUT2D eigenvalue weighted by atomic mass is 9.94. The number of phenolic OH excluding ortho intramolecular Hbond substituents is 1. The van der Waals surface area contributed by atoms with Crippen LogP contribution in [0, 0.1) is 6.92 Å².